The summed E-state index contributed by atoms with van der Waals surface area (Å²) in [5.74, 6) is 1.11. The van der Waals surface area contributed by atoms with Crippen LogP contribution in [0, 0.1) is 0 Å². The van der Waals surface area contributed by atoms with Crippen molar-refractivity contribution < 1.29 is 0 Å². The topological polar surface area (TPSA) is 26.0 Å². The first kappa shape index (κ1) is 11.0. The highest BCUT2D eigenvalue weighted by Gasteiger charge is 2.21. The standard InChI is InChI=1S/C13H19NS/c14-12-8-4-5-9-13(12)15-10-11-6-2-1-3-7-11/h1-3,6-7,12-13H,4-5,8-10,14H2/t12-,13-/m1/s1. The van der Waals surface area contributed by atoms with E-state index in [9.17, 15) is 0 Å². The lowest BCUT2D eigenvalue weighted by atomic mass is 9.96. The van der Waals surface area contributed by atoms with Crippen molar-refractivity contribution in [3.63, 3.8) is 0 Å². The van der Waals surface area contributed by atoms with E-state index in [1.54, 1.807) is 0 Å². The van der Waals surface area contributed by atoms with Crippen LogP contribution >= 0.6 is 11.8 Å². The third kappa shape index (κ3) is 3.25. The van der Waals surface area contributed by atoms with Crippen molar-refractivity contribution in [1.82, 2.24) is 0 Å². The lowest BCUT2D eigenvalue weighted by molar-refractivity contribution is 0.453. The molecule has 15 heavy (non-hydrogen) atoms. The van der Waals surface area contributed by atoms with Gasteiger partial charge in [0.1, 0.15) is 0 Å². The summed E-state index contributed by atoms with van der Waals surface area (Å²) < 4.78 is 0. The molecule has 1 aliphatic carbocycles. The minimum Gasteiger partial charge on any atom is -0.327 e. The maximum absolute atomic E-state index is 6.12. The first-order chi connectivity index (χ1) is 7.36. The third-order valence-corrected chi connectivity index (χ3v) is 4.57. The summed E-state index contributed by atoms with van der Waals surface area (Å²) in [4.78, 5) is 0. The Labute approximate surface area is 96.4 Å². The lowest BCUT2D eigenvalue weighted by Crippen LogP contribution is -2.35. The van der Waals surface area contributed by atoms with Crippen LogP contribution in [-0.2, 0) is 5.75 Å². The minimum absolute atomic E-state index is 0.424. The first-order valence-corrected chi connectivity index (χ1v) is 6.82. The van der Waals surface area contributed by atoms with Gasteiger partial charge in [-0.2, -0.15) is 11.8 Å². The predicted octanol–water partition coefficient (Wildman–Crippen LogP) is 3.19. The second-order valence-electron chi connectivity index (χ2n) is 4.28. The van der Waals surface area contributed by atoms with Gasteiger partial charge >= 0.3 is 0 Å². The van der Waals surface area contributed by atoms with E-state index >= 15 is 0 Å². The second kappa shape index (κ2) is 5.57. The van der Waals surface area contributed by atoms with E-state index < -0.39 is 0 Å². The molecular formula is C13H19NS. The Kier molecular flexibility index (Phi) is 4.09. The summed E-state index contributed by atoms with van der Waals surface area (Å²) in [6.07, 6.45) is 5.20. The number of benzene rings is 1. The van der Waals surface area contributed by atoms with Gasteiger partial charge in [0.15, 0.2) is 0 Å². The molecule has 2 rings (SSSR count). The Morgan fingerprint density at radius 1 is 1.13 bits per heavy atom. The van der Waals surface area contributed by atoms with Gasteiger partial charge in [0.05, 0.1) is 0 Å². The molecule has 0 heterocycles. The minimum atomic E-state index is 0.424. The molecular weight excluding hydrogens is 202 g/mol. The second-order valence-corrected chi connectivity index (χ2v) is 5.51. The molecule has 0 saturated heterocycles. The van der Waals surface area contributed by atoms with Crippen molar-refractivity contribution in [3.8, 4) is 0 Å². The van der Waals surface area contributed by atoms with Crippen LogP contribution in [-0.4, -0.2) is 11.3 Å². The molecule has 0 aliphatic heterocycles. The van der Waals surface area contributed by atoms with Crippen molar-refractivity contribution in [2.24, 2.45) is 5.73 Å². The summed E-state index contributed by atoms with van der Waals surface area (Å²) in [6.45, 7) is 0. The summed E-state index contributed by atoms with van der Waals surface area (Å²) in [5, 5.41) is 0.680. The Bertz CT molecular complexity index is 286. The summed E-state index contributed by atoms with van der Waals surface area (Å²) >= 11 is 2.03. The van der Waals surface area contributed by atoms with E-state index in [-0.39, 0.29) is 0 Å². The fraction of sp³-hybridized carbons (Fsp3) is 0.538. The molecule has 1 fully saturated rings. The third-order valence-electron chi connectivity index (χ3n) is 3.06. The smallest absolute Gasteiger partial charge is 0.0202 e. The molecule has 2 atom stereocenters. The molecule has 0 amide bonds. The molecule has 0 radical (unpaired) electrons. The molecule has 0 spiro atoms. The van der Waals surface area contributed by atoms with Gasteiger partial charge in [-0.3, -0.25) is 0 Å². The van der Waals surface area contributed by atoms with Gasteiger partial charge in [0.25, 0.3) is 0 Å². The van der Waals surface area contributed by atoms with Crippen LogP contribution in [0.15, 0.2) is 30.3 Å². The normalized spacial score (nSPS) is 26.5. The van der Waals surface area contributed by atoms with E-state index in [4.69, 9.17) is 5.73 Å². The number of hydrogen-bond donors (Lipinski definition) is 1. The van der Waals surface area contributed by atoms with Crippen LogP contribution < -0.4 is 5.73 Å². The molecule has 0 aromatic heterocycles. The maximum atomic E-state index is 6.12. The Hall–Kier alpha value is -0.470. The molecule has 1 nitrogen and oxygen atoms in total. The molecule has 82 valence electrons. The highest BCUT2D eigenvalue weighted by molar-refractivity contribution is 7.99. The van der Waals surface area contributed by atoms with Crippen molar-refractivity contribution in [1.29, 1.82) is 0 Å². The molecule has 1 aromatic rings. The van der Waals surface area contributed by atoms with Gasteiger partial charge in [-0.05, 0) is 18.4 Å². The van der Waals surface area contributed by atoms with Gasteiger partial charge in [-0.1, -0.05) is 43.2 Å². The van der Waals surface area contributed by atoms with E-state index in [0.717, 1.165) is 5.75 Å². The highest BCUT2D eigenvalue weighted by Crippen LogP contribution is 2.29. The van der Waals surface area contributed by atoms with E-state index in [0.29, 0.717) is 11.3 Å². The zero-order valence-corrected chi connectivity index (χ0v) is 9.88. The molecule has 1 saturated carbocycles. The summed E-state index contributed by atoms with van der Waals surface area (Å²) in [6, 6.07) is 11.1. The number of hydrogen-bond acceptors (Lipinski definition) is 2. The van der Waals surface area contributed by atoms with Crippen LogP contribution in [0.5, 0.6) is 0 Å². The van der Waals surface area contributed by atoms with Crippen molar-refractivity contribution in [3.05, 3.63) is 35.9 Å². The molecule has 2 N–H and O–H groups in total. The molecule has 1 aromatic carbocycles. The zero-order valence-electron chi connectivity index (χ0n) is 9.06. The SMILES string of the molecule is N[C@@H]1CCCC[C@H]1SCc1ccccc1. The van der Waals surface area contributed by atoms with E-state index in [1.807, 2.05) is 11.8 Å². The van der Waals surface area contributed by atoms with Gasteiger partial charge in [-0.25, -0.2) is 0 Å². The Balaban J connectivity index is 1.82. The summed E-state index contributed by atoms with van der Waals surface area (Å²) in [5.41, 5.74) is 7.54. The first-order valence-electron chi connectivity index (χ1n) is 5.77. The van der Waals surface area contributed by atoms with Crippen LogP contribution in [0.4, 0.5) is 0 Å². The average Bonchev–Trinajstić information content (AvgIpc) is 2.29. The van der Waals surface area contributed by atoms with E-state index in [1.165, 1.54) is 31.2 Å². The van der Waals surface area contributed by atoms with Crippen molar-refractivity contribution in [2.75, 3.05) is 0 Å². The van der Waals surface area contributed by atoms with Crippen LogP contribution in [0.2, 0.25) is 0 Å². The van der Waals surface area contributed by atoms with Crippen LogP contribution in [0.3, 0.4) is 0 Å². The quantitative estimate of drug-likeness (QED) is 0.848. The lowest BCUT2D eigenvalue weighted by Gasteiger charge is -2.27. The fourth-order valence-electron chi connectivity index (χ4n) is 2.11. The van der Waals surface area contributed by atoms with Gasteiger partial charge < -0.3 is 5.73 Å². The molecule has 2 heteroatoms. The summed E-state index contributed by atoms with van der Waals surface area (Å²) in [7, 11) is 0. The van der Waals surface area contributed by atoms with E-state index in [2.05, 4.69) is 30.3 Å². The van der Waals surface area contributed by atoms with Gasteiger partial charge in [-0.15, -0.1) is 0 Å². The van der Waals surface area contributed by atoms with Gasteiger partial charge in [0.2, 0.25) is 0 Å². The monoisotopic (exact) mass is 221 g/mol. The van der Waals surface area contributed by atoms with Crippen molar-refractivity contribution in [2.45, 2.75) is 42.7 Å². The van der Waals surface area contributed by atoms with Crippen LogP contribution in [0.1, 0.15) is 31.2 Å². The fourth-order valence-corrected chi connectivity index (χ4v) is 3.43. The zero-order chi connectivity index (χ0) is 10.5. The van der Waals surface area contributed by atoms with Crippen molar-refractivity contribution >= 4 is 11.8 Å². The highest BCUT2D eigenvalue weighted by atomic mass is 32.2. The Morgan fingerprint density at radius 2 is 1.87 bits per heavy atom. The molecule has 0 bridgehead atoms. The van der Waals surface area contributed by atoms with Gasteiger partial charge in [0, 0.05) is 17.0 Å². The maximum Gasteiger partial charge on any atom is 0.0202 e. The van der Waals surface area contributed by atoms with Crippen LogP contribution in [0.25, 0.3) is 0 Å². The molecule has 0 unspecified atom stereocenters. The largest absolute Gasteiger partial charge is 0.327 e. The Morgan fingerprint density at radius 3 is 2.60 bits per heavy atom. The average molecular weight is 221 g/mol. The number of rotatable bonds is 3. The number of thioether (sulfide) groups is 1. The molecule has 1 aliphatic rings. The number of nitrogens with two attached hydrogens (primary N) is 1. The predicted molar refractivity (Wildman–Crippen MR) is 68.0 cm³/mol.